The Morgan fingerprint density at radius 1 is 1.04 bits per heavy atom. The summed E-state index contributed by atoms with van der Waals surface area (Å²) in [5.41, 5.74) is 2.17. The van der Waals surface area contributed by atoms with Gasteiger partial charge in [0, 0.05) is 11.5 Å². The van der Waals surface area contributed by atoms with Crippen LogP contribution in [0.3, 0.4) is 0 Å². The molecule has 6 heteroatoms. The van der Waals surface area contributed by atoms with Gasteiger partial charge in [-0.2, -0.15) is 10.1 Å². The van der Waals surface area contributed by atoms with Gasteiger partial charge in [-0.25, -0.2) is 4.68 Å². The Kier molecular flexibility index (Phi) is 4.11. The van der Waals surface area contributed by atoms with E-state index in [0.29, 0.717) is 5.95 Å². The second-order valence-electron chi connectivity index (χ2n) is 7.41. The lowest BCUT2D eigenvalue weighted by Crippen LogP contribution is -2.43. The molecule has 2 aliphatic rings. The average Bonchev–Trinajstić information content (AvgIpc) is 3.49. The fourth-order valence-corrected chi connectivity index (χ4v) is 4.13. The molecule has 2 heterocycles. The highest BCUT2D eigenvalue weighted by Crippen LogP contribution is 2.46. The number of amides is 1. The van der Waals surface area contributed by atoms with E-state index in [9.17, 15) is 4.79 Å². The van der Waals surface area contributed by atoms with E-state index in [4.69, 9.17) is 4.74 Å². The lowest BCUT2D eigenvalue weighted by atomic mass is 9.91. The predicted octanol–water partition coefficient (Wildman–Crippen LogP) is 3.76. The summed E-state index contributed by atoms with van der Waals surface area (Å²) in [4.78, 5) is 19.6. The molecule has 0 N–H and O–H groups in total. The van der Waals surface area contributed by atoms with Gasteiger partial charge in [-0.3, -0.25) is 9.69 Å². The fourth-order valence-electron chi connectivity index (χ4n) is 4.13. The molecule has 2 aromatic carbocycles. The van der Waals surface area contributed by atoms with Crippen molar-refractivity contribution in [1.82, 2.24) is 14.8 Å². The van der Waals surface area contributed by atoms with Crippen LogP contribution in [0.1, 0.15) is 42.5 Å². The lowest BCUT2D eigenvalue weighted by Gasteiger charge is -2.39. The number of carbonyl (C=O) groups excluding carboxylic acids is 1. The number of benzene rings is 2. The summed E-state index contributed by atoms with van der Waals surface area (Å²) in [5, 5.41) is 4.49. The fraction of sp³-hybridized carbons (Fsp3) is 0.318. The molecule has 0 bridgehead atoms. The van der Waals surface area contributed by atoms with E-state index in [1.807, 2.05) is 46.0 Å². The maximum absolute atomic E-state index is 13.2. The van der Waals surface area contributed by atoms with E-state index in [2.05, 4.69) is 28.3 Å². The Balaban J connectivity index is 1.65. The van der Waals surface area contributed by atoms with Gasteiger partial charge >= 0.3 is 0 Å². The van der Waals surface area contributed by atoms with Gasteiger partial charge in [0.25, 0.3) is 0 Å². The van der Waals surface area contributed by atoms with Gasteiger partial charge in [0.1, 0.15) is 12.1 Å². The van der Waals surface area contributed by atoms with Crippen LogP contribution < -0.4 is 9.64 Å². The van der Waals surface area contributed by atoms with Crippen LogP contribution in [0.25, 0.3) is 0 Å². The van der Waals surface area contributed by atoms with Crippen molar-refractivity contribution >= 4 is 11.9 Å². The molecule has 0 unspecified atom stereocenters. The normalized spacial score (nSPS) is 21.2. The van der Waals surface area contributed by atoms with E-state index in [1.54, 1.807) is 7.11 Å². The highest BCUT2D eigenvalue weighted by Gasteiger charge is 2.44. The summed E-state index contributed by atoms with van der Waals surface area (Å²) in [6, 6.07) is 18.1. The Hall–Kier alpha value is -3.15. The summed E-state index contributed by atoms with van der Waals surface area (Å²) < 4.78 is 7.48. The monoisotopic (exact) mass is 374 g/mol. The number of fused-ring (bicyclic) bond motifs is 1. The molecule has 0 spiro atoms. The molecule has 2 atom stereocenters. The number of para-hydroxylation sites is 1. The van der Waals surface area contributed by atoms with E-state index >= 15 is 0 Å². The van der Waals surface area contributed by atoms with E-state index < -0.39 is 0 Å². The summed E-state index contributed by atoms with van der Waals surface area (Å²) in [6.45, 7) is 0. The molecule has 1 fully saturated rings. The third-order valence-electron chi connectivity index (χ3n) is 5.67. The molecule has 28 heavy (non-hydrogen) atoms. The summed E-state index contributed by atoms with van der Waals surface area (Å²) in [5.74, 6) is 1.70. The SMILES string of the molecule is COc1ccccc1[C@@H]1C[C@@H](c2ccccc2)N(C(=O)C2CC2)c2ncnn21. The van der Waals surface area contributed by atoms with Crippen molar-refractivity contribution in [2.45, 2.75) is 31.3 Å². The van der Waals surface area contributed by atoms with Crippen LogP contribution in [0.4, 0.5) is 5.95 Å². The van der Waals surface area contributed by atoms with Gasteiger partial charge in [0.15, 0.2) is 0 Å². The molecule has 3 aromatic rings. The standard InChI is InChI=1S/C22H22N4O2/c1-28-20-10-6-5-9-17(20)19-13-18(15-7-3-2-4-8-15)25(21(27)16-11-12-16)22-23-14-24-26(19)22/h2-10,14,16,18-19H,11-13H2,1H3/t18-,19-/m0/s1. The van der Waals surface area contributed by atoms with Crippen LogP contribution >= 0.6 is 0 Å². The number of ether oxygens (including phenoxy) is 1. The molecule has 1 amide bonds. The number of aromatic nitrogens is 3. The summed E-state index contributed by atoms with van der Waals surface area (Å²) >= 11 is 0. The molecule has 5 rings (SSSR count). The first kappa shape index (κ1) is 17.0. The highest BCUT2D eigenvalue weighted by atomic mass is 16.5. The zero-order chi connectivity index (χ0) is 19.1. The molecule has 0 saturated heterocycles. The Morgan fingerprint density at radius 3 is 2.54 bits per heavy atom. The first-order valence-electron chi connectivity index (χ1n) is 9.68. The minimum Gasteiger partial charge on any atom is -0.496 e. The zero-order valence-electron chi connectivity index (χ0n) is 15.7. The first-order valence-corrected chi connectivity index (χ1v) is 9.68. The van der Waals surface area contributed by atoms with Crippen molar-refractivity contribution < 1.29 is 9.53 Å². The molecule has 6 nitrogen and oxygen atoms in total. The van der Waals surface area contributed by atoms with Crippen molar-refractivity contribution in [2.24, 2.45) is 5.92 Å². The summed E-state index contributed by atoms with van der Waals surface area (Å²) in [7, 11) is 1.68. The van der Waals surface area contributed by atoms with Crippen molar-refractivity contribution in [2.75, 3.05) is 12.0 Å². The third kappa shape index (κ3) is 2.76. The smallest absolute Gasteiger partial charge is 0.233 e. The lowest BCUT2D eigenvalue weighted by molar-refractivity contribution is -0.120. The van der Waals surface area contributed by atoms with Gasteiger partial charge in [0.05, 0.1) is 19.2 Å². The van der Waals surface area contributed by atoms with Gasteiger partial charge in [-0.1, -0.05) is 48.5 Å². The van der Waals surface area contributed by atoms with E-state index in [0.717, 1.165) is 36.1 Å². The number of methoxy groups -OCH3 is 1. The van der Waals surface area contributed by atoms with Crippen molar-refractivity contribution in [3.8, 4) is 5.75 Å². The van der Waals surface area contributed by atoms with Crippen LogP contribution in [-0.2, 0) is 4.79 Å². The molecule has 1 aromatic heterocycles. The minimum atomic E-state index is -0.0825. The van der Waals surface area contributed by atoms with E-state index in [-0.39, 0.29) is 23.9 Å². The van der Waals surface area contributed by atoms with Crippen LogP contribution in [0, 0.1) is 5.92 Å². The first-order chi connectivity index (χ1) is 13.8. The van der Waals surface area contributed by atoms with Gasteiger partial charge < -0.3 is 4.74 Å². The topological polar surface area (TPSA) is 60.2 Å². The second-order valence-corrected chi connectivity index (χ2v) is 7.41. The Labute approximate surface area is 163 Å². The number of carbonyl (C=O) groups is 1. The molecule has 142 valence electrons. The van der Waals surface area contributed by atoms with Crippen LogP contribution in [0.15, 0.2) is 60.9 Å². The number of rotatable bonds is 4. The van der Waals surface area contributed by atoms with Crippen molar-refractivity contribution in [1.29, 1.82) is 0 Å². The largest absolute Gasteiger partial charge is 0.496 e. The number of nitrogens with zero attached hydrogens (tertiary/aromatic N) is 4. The molecular weight excluding hydrogens is 352 g/mol. The predicted molar refractivity (Wildman–Crippen MR) is 105 cm³/mol. The third-order valence-corrected chi connectivity index (χ3v) is 5.67. The molecule has 1 saturated carbocycles. The second kappa shape index (κ2) is 6.78. The maximum atomic E-state index is 13.2. The Morgan fingerprint density at radius 2 is 1.79 bits per heavy atom. The van der Waals surface area contributed by atoms with Gasteiger partial charge in [-0.05, 0) is 30.9 Å². The van der Waals surface area contributed by atoms with E-state index in [1.165, 1.54) is 6.33 Å². The highest BCUT2D eigenvalue weighted by molar-refractivity contribution is 5.96. The molecular formula is C22H22N4O2. The number of anilines is 1. The van der Waals surface area contributed by atoms with Gasteiger partial charge in [-0.15, -0.1) is 0 Å². The van der Waals surface area contributed by atoms with Crippen LogP contribution in [0.2, 0.25) is 0 Å². The minimum absolute atomic E-state index is 0.0536. The number of hydrogen-bond donors (Lipinski definition) is 0. The Bertz CT molecular complexity index is 997. The molecule has 0 radical (unpaired) electrons. The van der Waals surface area contributed by atoms with Crippen LogP contribution in [-0.4, -0.2) is 27.8 Å². The summed E-state index contributed by atoms with van der Waals surface area (Å²) in [6.07, 6.45) is 4.18. The number of hydrogen-bond acceptors (Lipinski definition) is 4. The van der Waals surface area contributed by atoms with Crippen molar-refractivity contribution in [3.63, 3.8) is 0 Å². The zero-order valence-corrected chi connectivity index (χ0v) is 15.7. The van der Waals surface area contributed by atoms with Crippen molar-refractivity contribution in [3.05, 3.63) is 72.1 Å². The maximum Gasteiger partial charge on any atom is 0.233 e. The van der Waals surface area contributed by atoms with Gasteiger partial charge in [0.2, 0.25) is 11.9 Å². The van der Waals surface area contributed by atoms with Crippen LogP contribution in [0.5, 0.6) is 5.75 Å². The average molecular weight is 374 g/mol. The molecule has 1 aliphatic carbocycles. The molecule has 1 aliphatic heterocycles. The quantitative estimate of drug-likeness (QED) is 0.698.